The van der Waals surface area contributed by atoms with Crippen LogP contribution in [0.2, 0.25) is 0 Å². The number of thioether (sulfide) groups is 1. The third-order valence-corrected chi connectivity index (χ3v) is 6.50. The Kier molecular flexibility index (Phi) is 6.24. The summed E-state index contributed by atoms with van der Waals surface area (Å²) in [6.45, 7) is 0. The molecule has 1 fully saturated rings. The molecule has 150 valence electrons. The molecule has 0 atom stereocenters. The molecule has 1 aromatic heterocycles. The van der Waals surface area contributed by atoms with Crippen molar-refractivity contribution >= 4 is 78.1 Å². The fraction of sp³-hybridized carbons (Fsp3) is 0. The minimum Gasteiger partial charge on any atom is -0.457 e. The molecular weight excluding hydrogens is 552 g/mol. The van der Waals surface area contributed by atoms with Crippen LogP contribution in [0.15, 0.2) is 78.9 Å². The summed E-state index contributed by atoms with van der Waals surface area (Å²) in [5, 5.41) is 1.08. The van der Waals surface area contributed by atoms with Gasteiger partial charge in [-0.25, -0.2) is 0 Å². The second-order valence-corrected chi connectivity index (χ2v) is 9.68. The Morgan fingerprint density at radius 3 is 2.30 bits per heavy atom. The van der Waals surface area contributed by atoms with E-state index in [2.05, 4.69) is 37.3 Å². The van der Waals surface area contributed by atoms with Gasteiger partial charge in [0.2, 0.25) is 0 Å². The molecule has 1 aliphatic rings. The lowest BCUT2D eigenvalue weighted by molar-refractivity contribution is -0.123. The standard InChI is InChI=1S/C21H12Br2N2O3S2/c22-14-5-1-12(2-6-14)17-10-9-16(28-17)11-18-20(27)25(21(29)30-18)24-19(26)13-3-7-15(23)8-4-13/h1-11H,(H,24,26). The molecule has 0 radical (unpaired) electrons. The Balaban J connectivity index is 1.49. The van der Waals surface area contributed by atoms with Crippen molar-refractivity contribution in [3.05, 3.63) is 85.8 Å². The first-order chi connectivity index (χ1) is 14.4. The molecule has 0 unspecified atom stereocenters. The number of halogens is 2. The molecule has 30 heavy (non-hydrogen) atoms. The number of hydrogen-bond donors (Lipinski definition) is 1. The van der Waals surface area contributed by atoms with E-state index < -0.39 is 11.8 Å². The molecule has 9 heteroatoms. The number of rotatable bonds is 4. The summed E-state index contributed by atoms with van der Waals surface area (Å²) in [4.78, 5) is 25.5. The minimum atomic E-state index is -0.421. The molecule has 5 nitrogen and oxygen atoms in total. The molecule has 2 aromatic carbocycles. The summed E-state index contributed by atoms with van der Waals surface area (Å²) in [6.07, 6.45) is 1.62. The summed E-state index contributed by atoms with van der Waals surface area (Å²) < 4.78 is 7.92. The van der Waals surface area contributed by atoms with Gasteiger partial charge in [0.25, 0.3) is 11.8 Å². The molecule has 3 aromatic rings. The average molecular weight is 564 g/mol. The van der Waals surface area contributed by atoms with Gasteiger partial charge >= 0.3 is 0 Å². The number of thiocarbonyl (C=S) groups is 1. The van der Waals surface area contributed by atoms with Gasteiger partial charge < -0.3 is 4.42 Å². The summed E-state index contributed by atoms with van der Waals surface area (Å²) in [7, 11) is 0. The van der Waals surface area contributed by atoms with Gasteiger partial charge in [0, 0.05) is 26.1 Å². The van der Waals surface area contributed by atoms with Gasteiger partial charge in [-0.1, -0.05) is 55.8 Å². The molecule has 2 amide bonds. The van der Waals surface area contributed by atoms with Crippen molar-refractivity contribution in [3.63, 3.8) is 0 Å². The van der Waals surface area contributed by atoms with Crippen LogP contribution in [0.5, 0.6) is 0 Å². The zero-order valence-corrected chi connectivity index (χ0v) is 19.9. The molecule has 2 heterocycles. The van der Waals surface area contributed by atoms with Gasteiger partial charge in [-0.15, -0.1) is 0 Å². The first kappa shape index (κ1) is 21.0. The number of hydrogen-bond acceptors (Lipinski definition) is 5. The summed E-state index contributed by atoms with van der Waals surface area (Å²) >= 11 is 13.1. The molecule has 0 saturated carbocycles. The van der Waals surface area contributed by atoms with E-state index in [0.717, 1.165) is 31.3 Å². The summed E-state index contributed by atoms with van der Waals surface area (Å²) in [6, 6.07) is 18.1. The average Bonchev–Trinajstić information content (AvgIpc) is 3.29. The maximum atomic E-state index is 12.7. The molecule has 1 saturated heterocycles. The molecular formula is C21H12Br2N2O3S2. The van der Waals surface area contributed by atoms with E-state index in [9.17, 15) is 9.59 Å². The van der Waals surface area contributed by atoms with Gasteiger partial charge in [0.05, 0.1) is 4.91 Å². The Morgan fingerprint density at radius 2 is 1.63 bits per heavy atom. The number of hydrazine groups is 1. The third-order valence-electron chi connectivity index (χ3n) is 4.14. The number of carbonyl (C=O) groups excluding carboxylic acids is 2. The van der Waals surface area contributed by atoms with E-state index in [1.165, 1.54) is 0 Å². The highest BCUT2D eigenvalue weighted by molar-refractivity contribution is 9.10. The van der Waals surface area contributed by atoms with Crippen molar-refractivity contribution < 1.29 is 14.0 Å². The third kappa shape index (κ3) is 4.59. The fourth-order valence-corrected chi connectivity index (χ4v) is 4.35. The largest absolute Gasteiger partial charge is 0.457 e. The molecule has 1 N–H and O–H groups in total. The van der Waals surface area contributed by atoms with Crippen LogP contribution < -0.4 is 5.43 Å². The van der Waals surface area contributed by atoms with E-state index in [0.29, 0.717) is 22.0 Å². The Morgan fingerprint density at radius 1 is 1.00 bits per heavy atom. The van der Waals surface area contributed by atoms with Crippen LogP contribution in [0.1, 0.15) is 16.1 Å². The van der Waals surface area contributed by atoms with Crippen LogP contribution in [0.3, 0.4) is 0 Å². The summed E-state index contributed by atoms with van der Waals surface area (Å²) in [5.41, 5.74) is 3.90. The van der Waals surface area contributed by atoms with Gasteiger partial charge in [0.15, 0.2) is 4.32 Å². The normalized spacial score (nSPS) is 15.1. The van der Waals surface area contributed by atoms with Gasteiger partial charge in [-0.3, -0.25) is 15.0 Å². The smallest absolute Gasteiger partial charge is 0.285 e. The lowest BCUT2D eigenvalue weighted by atomic mass is 10.2. The SMILES string of the molecule is O=C(NN1C(=O)C(=Cc2ccc(-c3ccc(Br)cc3)o2)SC1=S)c1ccc(Br)cc1. The Labute approximate surface area is 198 Å². The van der Waals surface area contributed by atoms with E-state index >= 15 is 0 Å². The van der Waals surface area contributed by atoms with Crippen LogP contribution in [0.25, 0.3) is 17.4 Å². The number of furan rings is 1. The molecule has 0 bridgehead atoms. The minimum absolute atomic E-state index is 0.247. The van der Waals surface area contributed by atoms with Crippen molar-refractivity contribution in [2.24, 2.45) is 0 Å². The predicted molar refractivity (Wildman–Crippen MR) is 128 cm³/mol. The number of benzene rings is 2. The molecule has 0 spiro atoms. The summed E-state index contributed by atoms with van der Waals surface area (Å²) in [5.74, 6) is 0.382. The zero-order chi connectivity index (χ0) is 21.3. The fourth-order valence-electron chi connectivity index (χ4n) is 2.66. The highest BCUT2D eigenvalue weighted by Gasteiger charge is 2.34. The second kappa shape index (κ2) is 8.89. The lowest BCUT2D eigenvalue weighted by Crippen LogP contribution is -2.44. The monoisotopic (exact) mass is 562 g/mol. The highest BCUT2D eigenvalue weighted by atomic mass is 79.9. The van der Waals surface area contributed by atoms with Crippen LogP contribution in [0, 0.1) is 0 Å². The van der Waals surface area contributed by atoms with Gasteiger partial charge in [0.1, 0.15) is 11.5 Å². The van der Waals surface area contributed by atoms with E-state index in [1.807, 2.05) is 30.3 Å². The van der Waals surface area contributed by atoms with E-state index in [1.54, 1.807) is 36.4 Å². The highest BCUT2D eigenvalue weighted by Crippen LogP contribution is 2.33. The Hall–Kier alpha value is -2.20. The first-order valence-corrected chi connectivity index (χ1v) is 11.4. The van der Waals surface area contributed by atoms with Crippen LogP contribution in [0.4, 0.5) is 0 Å². The van der Waals surface area contributed by atoms with Crippen molar-refractivity contribution in [1.29, 1.82) is 0 Å². The van der Waals surface area contributed by atoms with Crippen LogP contribution in [-0.2, 0) is 4.79 Å². The topological polar surface area (TPSA) is 62.6 Å². The maximum Gasteiger partial charge on any atom is 0.285 e. The van der Waals surface area contributed by atoms with Crippen LogP contribution >= 0.6 is 55.8 Å². The predicted octanol–water partition coefficient (Wildman–Crippen LogP) is 6.02. The van der Waals surface area contributed by atoms with Crippen molar-refractivity contribution in [2.45, 2.75) is 0 Å². The first-order valence-electron chi connectivity index (χ1n) is 8.61. The van der Waals surface area contributed by atoms with Crippen molar-refractivity contribution in [3.8, 4) is 11.3 Å². The number of nitrogens with one attached hydrogen (secondary N) is 1. The number of amides is 2. The number of nitrogens with zero attached hydrogens (tertiary/aromatic N) is 1. The van der Waals surface area contributed by atoms with Crippen molar-refractivity contribution in [2.75, 3.05) is 0 Å². The molecule has 0 aliphatic carbocycles. The second-order valence-electron chi connectivity index (χ2n) is 6.17. The molecule has 1 aliphatic heterocycles. The Bertz CT molecular complexity index is 1170. The quantitative estimate of drug-likeness (QED) is 0.311. The maximum absolute atomic E-state index is 12.7. The van der Waals surface area contributed by atoms with Gasteiger partial charge in [-0.2, -0.15) is 5.01 Å². The van der Waals surface area contributed by atoms with Gasteiger partial charge in [-0.05, 0) is 60.7 Å². The van der Waals surface area contributed by atoms with Crippen molar-refractivity contribution in [1.82, 2.24) is 10.4 Å². The number of carbonyl (C=O) groups is 2. The van der Waals surface area contributed by atoms with E-state index in [4.69, 9.17) is 16.6 Å². The molecule has 4 rings (SSSR count). The van der Waals surface area contributed by atoms with Crippen LogP contribution in [-0.4, -0.2) is 21.1 Å². The lowest BCUT2D eigenvalue weighted by Gasteiger charge is -2.15. The van der Waals surface area contributed by atoms with E-state index in [-0.39, 0.29) is 4.32 Å². The zero-order valence-electron chi connectivity index (χ0n) is 15.1.